The van der Waals surface area contributed by atoms with Gasteiger partial charge in [0.05, 0.1) is 0 Å². The molecule has 0 fully saturated rings. The first-order valence-electron chi connectivity index (χ1n) is 5.68. The van der Waals surface area contributed by atoms with E-state index in [0.717, 1.165) is 0 Å². The summed E-state index contributed by atoms with van der Waals surface area (Å²) in [6, 6.07) is 0. The summed E-state index contributed by atoms with van der Waals surface area (Å²) in [6.07, 6.45) is -3.40. The van der Waals surface area contributed by atoms with Crippen LogP contribution in [0.25, 0.3) is 0 Å². The van der Waals surface area contributed by atoms with Crippen LogP contribution < -0.4 is 0 Å². The summed E-state index contributed by atoms with van der Waals surface area (Å²) < 4.78 is 40.0. The fraction of sp³-hybridized carbons (Fsp3) is 1.00. The Kier molecular flexibility index (Phi) is 10.5. The standard InChI is InChI=1S/C9H21O10P/c1-7(10)14-4-17-20(13,18-5-15-8(2)11)19-6-16-9(3)12/h7-12H,4-6H2,1-3H3. The van der Waals surface area contributed by atoms with Gasteiger partial charge in [0.2, 0.25) is 0 Å². The van der Waals surface area contributed by atoms with Crippen molar-refractivity contribution in [3.05, 3.63) is 0 Å². The van der Waals surface area contributed by atoms with Crippen molar-refractivity contribution in [1.82, 2.24) is 0 Å². The van der Waals surface area contributed by atoms with E-state index in [1.807, 2.05) is 0 Å². The number of rotatable bonds is 12. The number of phosphoric ester groups is 1. The van der Waals surface area contributed by atoms with Gasteiger partial charge in [-0.05, 0) is 20.8 Å². The first kappa shape index (κ1) is 19.9. The summed E-state index contributed by atoms with van der Waals surface area (Å²) in [7, 11) is -4.10. The van der Waals surface area contributed by atoms with E-state index in [9.17, 15) is 4.57 Å². The first-order chi connectivity index (χ1) is 9.25. The Bertz CT molecular complexity index is 239. The van der Waals surface area contributed by atoms with Gasteiger partial charge in [-0.2, -0.15) is 0 Å². The smallest absolute Gasteiger partial charge is 0.368 e. The van der Waals surface area contributed by atoms with E-state index in [1.165, 1.54) is 20.8 Å². The van der Waals surface area contributed by atoms with Crippen molar-refractivity contribution >= 4 is 7.82 Å². The van der Waals surface area contributed by atoms with Gasteiger partial charge in [0, 0.05) is 0 Å². The maximum absolute atomic E-state index is 12.0. The highest BCUT2D eigenvalue weighted by molar-refractivity contribution is 7.48. The Morgan fingerprint density at radius 2 is 1.00 bits per heavy atom. The lowest BCUT2D eigenvalue weighted by molar-refractivity contribution is -0.169. The topological polar surface area (TPSA) is 133 Å². The molecule has 0 saturated heterocycles. The molecule has 0 heterocycles. The molecule has 0 aliphatic rings. The molecule has 0 aromatic rings. The molecular weight excluding hydrogens is 299 g/mol. The highest BCUT2D eigenvalue weighted by atomic mass is 31.2. The lowest BCUT2D eigenvalue weighted by atomic mass is 10.8. The predicted molar refractivity (Wildman–Crippen MR) is 63.8 cm³/mol. The molecule has 0 saturated carbocycles. The fourth-order valence-electron chi connectivity index (χ4n) is 0.692. The lowest BCUT2D eigenvalue weighted by Gasteiger charge is -2.19. The van der Waals surface area contributed by atoms with Crippen molar-refractivity contribution in [3.63, 3.8) is 0 Å². The van der Waals surface area contributed by atoms with Crippen LogP contribution in [-0.4, -0.2) is 54.6 Å². The fourth-order valence-corrected chi connectivity index (χ4v) is 1.49. The molecule has 3 N–H and O–H groups in total. The van der Waals surface area contributed by atoms with Crippen LogP contribution in [0.5, 0.6) is 0 Å². The summed E-state index contributed by atoms with van der Waals surface area (Å²) in [6.45, 7) is 2.25. The van der Waals surface area contributed by atoms with Crippen molar-refractivity contribution < 1.29 is 47.7 Å². The maximum Gasteiger partial charge on any atom is 0.481 e. The number of aliphatic hydroxyl groups is 3. The second-order valence-corrected chi connectivity index (χ2v) is 5.16. The van der Waals surface area contributed by atoms with Crippen LogP contribution in [0, 0.1) is 0 Å². The van der Waals surface area contributed by atoms with Crippen LogP contribution in [-0.2, 0) is 32.3 Å². The summed E-state index contributed by atoms with van der Waals surface area (Å²) >= 11 is 0. The molecule has 0 aliphatic carbocycles. The zero-order valence-corrected chi connectivity index (χ0v) is 12.4. The van der Waals surface area contributed by atoms with Gasteiger partial charge in [0.1, 0.15) is 0 Å². The van der Waals surface area contributed by atoms with Gasteiger partial charge in [0.25, 0.3) is 0 Å². The van der Waals surface area contributed by atoms with Gasteiger partial charge in [0.15, 0.2) is 39.2 Å². The Labute approximate surface area is 116 Å². The summed E-state index contributed by atoms with van der Waals surface area (Å²) in [5, 5.41) is 26.6. The average Bonchev–Trinajstić information content (AvgIpc) is 2.27. The summed E-state index contributed by atoms with van der Waals surface area (Å²) in [4.78, 5) is 0. The minimum absolute atomic E-state index is 0.571. The molecule has 0 aromatic carbocycles. The molecule has 3 atom stereocenters. The molecular formula is C9H21O10P. The molecule has 0 rings (SSSR count). The Hall–Kier alpha value is -0.130. The molecule has 11 heteroatoms. The minimum atomic E-state index is -4.10. The summed E-state index contributed by atoms with van der Waals surface area (Å²) in [5.74, 6) is 0. The molecule has 3 unspecified atom stereocenters. The summed E-state index contributed by atoms with van der Waals surface area (Å²) in [5.41, 5.74) is 0. The molecule has 20 heavy (non-hydrogen) atoms. The number of aliphatic hydroxyl groups excluding tert-OH is 3. The second kappa shape index (κ2) is 10.6. The van der Waals surface area contributed by atoms with Gasteiger partial charge >= 0.3 is 7.82 Å². The Morgan fingerprint density at radius 1 is 0.750 bits per heavy atom. The third-order valence-corrected chi connectivity index (χ3v) is 2.83. The van der Waals surface area contributed by atoms with E-state index in [-0.39, 0.29) is 0 Å². The number of hydrogen-bond donors (Lipinski definition) is 3. The number of phosphoric acid groups is 1. The molecule has 122 valence electrons. The highest BCUT2D eigenvalue weighted by Gasteiger charge is 2.28. The molecule has 0 bridgehead atoms. The van der Waals surface area contributed by atoms with Crippen molar-refractivity contribution in [3.8, 4) is 0 Å². The Balaban J connectivity index is 4.23. The molecule has 10 nitrogen and oxygen atoms in total. The highest BCUT2D eigenvalue weighted by Crippen LogP contribution is 2.49. The van der Waals surface area contributed by atoms with Gasteiger partial charge < -0.3 is 29.5 Å². The van der Waals surface area contributed by atoms with Crippen LogP contribution in [0.15, 0.2) is 0 Å². The maximum atomic E-state index is 12.0. The van der Waals surface area contributed by atoms with Crippen LogP contribution in [0.2, 0.25) is 0 Å². The Morgan fingerprint density at radius 3 is 1.20 bits per heavy atom. The average molecular weight is 320 g/mol. The molecule has 0 radical (unpaired) electrons. The quantitative estimate of drug-likeness (QED) is 0.335. The normalized spacial score (nSPS) is 19.3. The molecule has 0 amide bonds. The molecule has 0 aromatic heterocycles. The SMILES string of the molecule is CC(O)OCOP(=O)(OCOC(C)O)OCOC(C)O. The van der Waals surface area contributed by atoms with Crippen LogP contribution in [0.3, 0.4) is 0 Å². The van der Waals surface area contributed by atoms with E-state index >= 15 is 0 Å². The number of hydrogen-bond acceptors (Lipinski definition) is 10. The minimum Gasteiger partial charge on any atom is -0.368 e. The van der Waals surface area contributed by atoms with Crippen molar-refractivity contribution in [2.75, 3.05) is 20.4 Å². The monoisotopic (exact) mass is 320 g/mol. The number of ether oxygens (including phenoxy) is 3. The van der Waals surface area contributed by atoms with E-state index < -0.39 is 47.1 Å². The van der Waals surface area contributed by atoms with Crippen LogP contribution in [0.4, 0.5) is 0 Å². The van der Waals surface area contributed by atoms with Crippen LogP contribution in [0.1, 0.15) is 20.8 Å². The lowest BCUT2D eigenvalue weighted by Crippen LogP contribution is -2.15. The zero-order valence-electron chi connectivity index (χ0n) is 11.5. The first-order valence-corrected chi connectivity index (χ1v) is 7.14. The van der Waals surface area contributed by atoms with E-state index in [1.54, 1.807) is 0 Å². The van der Waals surface area contributed by atoms with Crippen molar-refractivity contribution in [1.29, 1.82) is 0 Å². The van der Waals surface area contributed by atoms with Gasteiger partial charge in [-0.25, -0.2) is 4.57 Å². The van der Waals surface area contributed by atoms with Crippen LogP contribution >= 0.6 is 7.82 Å². The third-order valence-electron chi connectivity index (χ3n) is 1.56. The van der Waals surface area contributed by atoms with Gasteiger partial charge in [-0.3, -0.25) is 13.6 Å². The largest absolute Gasteiger partial charge is 0.481 e. The predicted octanol–water partition coefficient (Wildman–Crippen LogP) is 0.0815. The van der Waals surface area contributed by atoms with Gasteiger partial charge in [-0.1, -0.05) is 0 Å². The third kappa shape index (κ3) is 11.7. The van der Waals surface area contributed by atoms with Crippen molar-refractivity contribution in [2.45, 2.75) is 39.6 Å². The molecule has 0 aliphatic heterocycles. The van der Waals surface area contributed by atoms with E-state index in [4.69, 9.17) is 28.9 Å². The van der Waals surface area contributed by atoms with Crippen molar-refractivity contribution in [2.24, 2.45) is 0 Å². The second-order valence-electron chi connectivity index (χ2n) is 3.49. The molecule has 0 spiro atoms. The van der Waals surface area contributed by atoms with E-state index in [2.05, 4.69) is 14.2 Å². The van der Waals surface area contributed by atoms with E-state index in [0.29, 0.717) is 0 Å². The zero-order chi connectivity index (χ0) is 15.6. The van der Waals surface area contributed by atoms with Gasteiger partial charge in [-0.15, -0.1) is 0 Å².